The summed E-state index contributed by atoms with van der Waals surface area (Å²) in [5.41, 5.74) is 0. The molecule has 0 saturated heterocycles. The zero-order valence-electron chi connectivity index (χ0n) is 11.0. The number of nitrogens with one attached hydrogen (secondary N) is 2. The van der Waals surface area contributed by atoms with Crippen LogP contribution in [0.1, 0.15) is 13.8 Å². The SMILES string of the molecule is CCN[C@H](C)CNC(=O)CSc1ccc(F)c(F)c1. The minimum atomic E-state index is -0.897. The van der Waals surface area contributed by atoms with E-state index in [9.17, 15) is 13.6 Å². The highest BCUT2D eigenvalue weighted by Gasteiger charge is 2.07. The minimum Gasteiger partial charge on any atom is -0.354 e. The van der Waals surface area contributed by atoms with Gasteiger partial charge in [0.15, 0.2) is 11.6 Å². The summed E-state index contributed by atoms with van der Waals surface area (Å²) in [6.07, 6.45) is 0. The highest BCUT2D eigenvalue weighted by Crippen LogP contribution is 2.19. The van der Waals surface area contributed by atoms with E-state index in [-0.39, 0.29) is 17.7 Å². The number of carbonyl (C=O) groups excluding carboxylic acids is 1. The van der Waals surface area contributed by atoms with E-state index in [2.05, 4.69) is 10.6 Å². The number of likely N-dealkylation sites (N-methyl/N-ethyl adjacent to an activating group) is 1. The van der Waals surface area contributed by atoms with E-state index in [0.29, 0.717) is 11.4 Å². The molecule has 2 N–H and O–H groups in total. The Labute approximate surface area is 116 Å². The van der Waals surface area contributed by atoms with E-state index in [1.807, 2.05) is 13.8 Å². The largest absolute Gasteiger partial charge is 0.354 e. The number of halogens is 2. The fraction of sp³-hybridized carbons (Fsp3) is 0.462. The van der Waals surface area contributed by atoms with Gasteiger partial charge in [-0.05, 0) is 31.7 Å². The first-order valence-corrected chi connectivity index (χ1v) is 7.09. The topological polar surface area (TPSA) is 41.1 Å². The van der Waals surface area contributed by atoms with Crippen molar-refractivity contribution in [3.63, 3.8) is 0 Å². The van der Waals surface area contributed by atoms with Gasteiger partial charge in [0.2, 0.25) is 5.91 Å². The van der Waals surface area contributed by atoms with Gasteiger partial charge in [-0.3, -0.25) is 4.79 Å². The number of hydrogen-bond donors (Lipinski definition) is 2. The third-order valence-corrected chi connectivity index (χ3v) is 3.41. The molecule has 1 aromatic carbocycles. The Kier molecular flexibility index (Phi) is 6.80. The molecule has 106 valence electrons. The Bertz CT molecular complexity index is 429. The maximum absolute atomic E-state index is 12.9. The number of thioether (sulfide) groups is 1. The first-order chi connectivity index (χ1) is 9.02. The Morgan fingerprint density at radius 2 is 2.11 bits per heavy atom. The third kappa shape index (κ3) is 6.02. The van der Waals surface area contributed by atoms with Gasteiger partial charge in [0.1, 0.15) is 0 Å². The van der Waals surface area contributed by atoms with Gasteiger partial charge < -0.3 is 10.6 Å². The van der Waals surface area contributed by atoms with Gasteiger partial charge in [0, 0.05) is 17.5 Å². The van der Waals surface area contributed by atoms with Gasteiger partial charge in [0.05, 0.1) is 5.75 Å². The second-order valence-electron chi connectivity index (χ2n) is 4.13. The number of carbonyl (C=O) groups is 1. The summed E-state index contributed by atoms with van der Waals surface area (Å²) in [5.74, 6) is -1.72. The van der Waals surface area contributed by atoms with Crippen LogP contribution >= 0.6 is 11.8 Å². The fourth-order valence-corrected chi connectivity index (χ4v) is 2.21. The van der Waals surface area contributed by atoms with Gasteiger partial charge in [-0.1, -0.05) is 6.92 Å². The van der Waals surface area contributed by atoms with Gasteiger partial charge >= 0.3 is 0 Å². The fourth-order valence-electron chi connectivity index (χ4n) is 1.45. The molecule has 0 unspecified atom stereocenters. The molecule has 6 heteroatoms. The first kappa shape index (κ1) is 15.9. The van der Waals surface area contributed by atoms with Crippen molar-refractivity contribution in [2.24, 2.45) is 0 Å². The smallest absolute Gasteiger partial charge is 0.230 e. The Morgan fingerprint density at radius 3 is 2.74 bits per heavy atom. The maximum Gasteiger partial charge on any atom is 0.230 e. The van der Waals surface area contributed by atoms with Gasteiger partial charge in [-0.25, -0.2) is 8.78 Å². The van der Waals surface area contributed by atoms with Crippen LogP contribution in [0.2, 0.25) is 0 Å². The maximum atomic E-state index is 12.9. The molecule has 0 aromatic heterocycles. The number of rotatable bonds is 7. The van der Waals surface area contributed by atoms with E-state index in [0.717, 1.165) is 18.7 Å². The van der Waals surface area contributed by atoms with Crippen molar-refractivity contribution in [1.29, 1.82) is 0 Å². The molecular formula is C13H18F2N2OS. The van der Waals surface area contributed by atoms with Gasteiger partial charge in [-0.2, -0.15) is 0 Å². The van der Waals surface area contributed by atoms with Gasteiger partial charge in [0.25, 0.3) is 0 Å². The summed E-state index contributed by atoms with van der Waals surface area (Å²) in [5, 5.41) is 5.95. The van der Waals surface area contributed by atoms with Crippen LogP contribution in [-0.2, 0) is 4.79 Å². The molecule has 0 heterocycles. The highest BCUT2D eigenvalue weighted by atomic mass is 32.2. The second kappa shape index (κ2) is 8.12. The standard InChI is InChI=1S/C13H18F2N2OS/c1-3-16-9(2)7-17-13(18)8-19-10-4-5-11(14)12(15)6-10/h4-6,9,16H,3,7-8H2,1-2H3,(H,17,18)/t9-/m1/s1. The van der Waals surface area contributed by atoms with Crippen LogP contribution in [0.3, 0.4) is 0 Å². The van der Waals surface area contributed by atoms with Crippen molar-refractivity contribution >= 4 is 17.7 Å². The summed E-state index contributed by atoms with van der Waals surface area (Å²) in [7, 11) is 0. The van der Waals surface area contributed by atoms with E-state index in [1.54, 1.807) is 0 Å². The van der Waals surface area contributed by atoms with Crippen molar-refractivity contribution in [2.45, 2.75) is 24.8 Å². The predicted octanol–water partition coefficient (Wildman–Crippen LogP) is 2.17. The van der Waals surface area contributed by atoms with Crippen molar-refractivity contribution in [3.05, 3.63) is 29.8 Å². The van der Waals surface area contributed by atoms with Crippen LogP contribution in [0.15, 0.2) is 23.1 Å². The molecule has 1 aromatic rings. The number of amides is 1. The predicted molar refractivity (Wildman–Crippen MR) is 73.2 cm³/mol. The summed E-state index contributed by atoms with van der Waals surface area (Å²) in [4.78, 5) is 12.1. The molecule has 0 aliphatic carbocycles. The molecular weight excluding hydrogens is 270 g/mol. The highest BCUT2D eigenvalue weighted by molar-refractivity contribution is 8.00. The lowest BCUT2D eigenvalue weighted by Crippen LogP contribution is -2.39. The van der Waals surface area contributed by atoms with Crippen LogP contribution in [0.5, 0.6) is 0 Å². The molecule has 1 rings (SSSR count). The zero-order chi connectivity index (χ0) is 14.3. The van der Waals surface area contributed by atoms with Crippen molar-refractivity contribution in [3.8, 4) is 0 Å². The van der Waals surface area contributed by atoms with E-state index in [4.69, 9.17) is 0 Å². The van der Waals surface area contributed by atoms with Crippen molar-refractivity contribution < 1.29 is 13.6 Å². The average molecular weight is 288 g/mol. The van der Waals surface area contributed by atoms with E-state index in [1.165, 1.54) is 17.8 Å². The van der Waals surface area contributed by atoms with Crippen molar-refractivity contribution in [1.82, 2.24) is 10.6 Å². The van der Waals surface area contributed by atoms with Crippen LogP contribution in [0.4, 0.5) is 8.78 Å². The summed E-state index contributed by atoms with van der Waals surface area (Å²) < 4.78 is 25.7. The quantitative estimate of drug-likeness (QED) is 0.756. The molecule has 0 aliphatic rings. The zero-order valence-corrected chi connectivity index (χ0v) is 11.8. The van der Waals surface area contributed by atoms with Crippen LogP contribution in [0, 0.1) is 11.6 Å². The molecule has 1 atom stereocenters. The minimum absolute atomic E-state index is 0.125. The molecule has 0 bridgehead atoms. The Hall–Kier alpha value is -1.14. The third-order valence-electron chi connectivity index (χ3n) is 2.42. The van der Waals surface area contributed by atoms with E-state index < -0.39 is 11.6 Å². The van der Waals surface area contributed by atoms with Crippen LogP contribution < -0.4 is 10.6 Å². The molecule has 19 heavy (non-hydrogen) atoms. The monoisotopic (exact) mass is 288 g/mol. The molecule has 3 nitrogen and oxygen atoms in total. The van der Waals surface area contributed by atoms with Crippen LogP contribution in [0.25, 0.3) is 0 Å². The van der Waals surface area contributed by atoms with E-state index >= 15 is 0 Å². The lowest BCUT2D eigenvalue weighted by atomic mass is 10.3. The summed E-state index contributed by atoms with van der Waals surface area (Å²) >= 11 is 1.18. The molecule has 0 aliphatic heterocycles. The molecule has 0 spiro atoms. The molecule has 0 saturated carbocycles. The average Bonchev–Trinajstić information content (AvgIpc) is 2.38. The first-order valence-electron chi connectivity index (χ1n) is 6.10. The number of hydrogen-bond acceptors (Lipinski definition) is 3. The lowest BCUT2D eigenvalue weighted by molar-refractivity contribution is -0.118. The Balaban J connectivity index is 2.31. The number of benzene rings is 1. The summed E-state index contributed by atoms with van der Waals surface area (Å²) in [6, 6.07) is 3.82. The van der Waals surface area contributed by atoms with Crippen molar-refractivity contribution in [2.75, 3.05) is 18.8 Å². The molecule has 0 radical (unpaired) electrons. The Morgan fingerprint density at radius 1 is 1.37 bits per heavy atom. The normalized spacial score (nSPS) is 12.2. The summed E-state index contributed by atoms with van der Waals surface area (Å²) in [6.45, 7) is 5.37. The molecule has 0 fully saturated rings. The van der Waals surface area contributed by atoms with Crippen LogP contribution in [-0.4, -0.2) is 30.8 Å². The lowest BCUT2D eigenvalue weighted by Gasteiger charge is -2.13. The second-order valence-corrected chi connectivity index (χ2v) is 5.18. The molecule has 1 amide bonds. The van der Waals surface area contributed by atoms with Gasteiger partial charge in [-0.15, -0.1) is 11.8 Å².